The fourth-order valence-electron chi connectivity index (χ4n) is 1.53. The number of hydrogen-bond acceptors (Lipinski definition) is 3. The zero-order valence-corrected chi connectivity index (χ0v) is 9.75. The second-order valence-electron chi connectivity index (χ2n) is 3.53. The molecule has 0 aromatic heterocycles. The van der Waals surface area contributed by atoms with E-state index in [9.17, 15) is 4.79 Å². The number of hydrogen-bond donors (Lipinski definition) is 2. The first-order chi connectivity index (χ1) is 7.71. The Morgan fingerprint density at radius 2 is 2.25 bits per heavy atom. The smallest absolute Gasteiger partial charge is 0.238 e. The minimum absolute atomic E-state index is 0.00482. The Morgan fingerprint density at radius 3 is 2.81 bits per heavy atom. The molecule has 0 spiro atoms. The highest BCUT2D eigenvalue weighted by Gasteiger charge is 2.05. The summed E-state index contributed by atoms with van der Waals surface area (Å²) in [4.78, 5) is 11.1. The van der Waals surface area contributed by atoms with Gasteiger partial charge in [-0.3, -0.25) is 4.79 Å². The number of benzene rings is 1. The van der Waals surface area contributed by atoms with Gasteiger partial charge in [-0.1, -0.05) is 13.3 Å². The maximum Gasteiger partial charge on any atom is 0.238 e. The molecule has 88 valence electrons. The average molecular weight is 222 g/mol. The van der Waals surface area contributed by atoms with Gasteiger partial charge in [-0.05, 0) is 30.2 Å². The molecule has 1 rings (SSSR count). The predicted octanol–water partition coefficient (Wildman–Crippen LogP) is 1.54. The maximum absolute atomic E-state index is 11.1. The van der Waals surface area contributed by atoms with E-state index >= 15 is 0 Å². The molecule has 3 N–H and O–H groups in total. The Balaban J connectivity index is 2.88. The van der Waals surface area contributed by atoms with E-state index in [1.54, 1.807) is 7.11 Å². The molecule has 0 heterocycles. The van der Waals surface area contributed by atoms with E-state index in [-0.39, 0.29) is 12.5 Å². The van der Waals surface area contributed by atoms with Gasteiger partial charge in [-0.2, -0.15) is 0 Å². The second-order valence-corrected chi connectivity index (χ2v) is 3.53. The Kier molecular flexibility index (Phi) is 4.79. The minimum atomic E-state index is -0.187. The van der Waals surface area contributed by atoms with E-state index in [4.69, 9.17) is 10.5 Å². The van der Waals surface area contributed by atoms with E-state index in [0.29, 0.717) is 0 Å². The molecule has 0 aliphatic heterocycles. The number of carbonyl (C=O) groups is 1. The zero-order valence-electron chi connectivity index (χ0n) is 9.75. The van der Waals surface area contributed by atoms with Crippen LogP contribution in [0.2, 0.25) is 0 Å². The van der Waals surface area contributed by atoms with Crippen LogP contribution >= 0.6 is 0 Å². The Bertz CT molecular complexity index is 364. The van der Waals surface area contributed by atoms with Crippen molar-refractivity contribution in [3.8, 4) is 5.75 Å². The van der Waals surface area contributed by atoms with Crippen LogP contribution in [0.1, 0.15) is 18.9 Å². The summed E-state index contributed by atoms with van der Waals surface area (Å²) in [5.41, 5.74) is 7.10. The van der Waals surface area contributed by atoms with Gasteiger partial charge >= 0.3 is 0 Å². The molecule has 0 atom stereocenters. The monoisotopic (exact) mass is 222 g/mol. The van der Waals surface area contributed by atoms with Gasteiger partial charge in [0.25, 0.3) is 0 Å². The molecular weight excluding hydrogens is 204 g/mol. The van der Waals surface area contributed by atoms with Crippen LogP contribution in [-0.4, -0.2) is 19.6 Å². The molecule has 1 aromatic rings. The predicted molar refractivity (Wildman–Crippen MR) is 64.7 cm³/mol. The van der Waals surface area contributed by atoms with Crippen molar-refractivity contribution in [2.24, 2.45) is 5.73 Å². The van der Waals surface area contributed by atoms with Crippen molar-refractivity contribution < 1.29 is 9.53 Å². The van der Waals surface area contributed by atoms with Gasteiger partial charge in [0.2, 0.25) is 5.91 Å². The highest BCUT2D eigenvalue weighted by Crippen LogP contribution is 2.23. The molecule has 0 bridgehead atoms. The van der Waals surface area contributed by atoms with Crippen molar-refractivity contribution in [1.82, 2.24) is 0 Å². The lowest BCUT2D eigenvalue weighted by Crippen LogP contribution is -2.21. The summed E-state index contributed by atoms with van der Waals surface area (Å²) in [6, 6.07) is 5.60. The number of anilines is 1. The molecular formula is C12H18N2O2. The highest BCUT2D eigenvalue weighted by atomic mass is 16.5. The van der Waals surface area contributed by atoms with E-state index < -0.39 is 0 Å². The molecule has 0 saturated carbocycles. The summed E-state index contributed by atoms with van der Waals surface area (Å²) < 4.78 is 5.25. The van der Waals surface area contributed by atoms with Gasteiger partial charge in [0.05, 0.1) is 13.7 Å². The quantitative estimate of drug-likeness (QED) is 0.794. The van der Waals surface area contributed by atoms with E-state index in [2.05, 4.69) is 12.2 Å². The SMILES string of the molecule is CCCc1cc(NC(=O)CN)ccc1OC. The first-order valence-electron chi connectivity index (χ1n) is 5.38. The zero-order chi connectivity index (χ0) is 12.0. The first kappa shape index (κ1) is 12.5. The number of aryl methyl sites for hydroxylation is 1. The molecule has 16 heavy (non-hydrogen) atoms. The lowest BCUT2D eigenvalue weighted by molar-refractivity contribution is -0.114. The number of amides is 1. The number of ether oxygens (including phenoxy) is 1. The number of rotatable bonds is 5. The summed E-state index contributed by atoms with van der Waals surface area (Å²) in [7, 11) is 1.65. The molecule has 1 amide bonds. The summed E-state index contributed by atoms with van der Waals surface area (Å²) in [5.74, 6) is 0.667. The van der Waals surface area contributed by atoms with Gasteiger partial charge in [0.1, 0.15) is 5.75 Å². The van der Waals surface area contributed by atoms with Crippen molar-refractivity contribution in [3.63, 3.8) is 0 Å². The van der Waals surface area contributed by atoms with Crippen LogP contribution in [0.15, 0.2) is 18.2 Å². The minimum Gasteiger partial charge on any atom is -0.496 e. The Hall–Kier alpha value is -1.55. The number of carbonyl (C=O) groups excluding carboxylic acids is 1. The van der Waals surface area contributed by atoms with Crippen molar-refractivity contribution in [2.75, 3.05) is 19.0 Å². The molecule has 0 radical (unpaired) electrons. The summed E-state index contributed by atoms with van der Waals surface area (Å²) >= 11 is 0. The average Bonchev–Trinajstić information content (AvgIpc) is 2.30. The van der Waals surface area contributed by atoms with Crippen molar-refractivity contribution in [2.45, 2.75) is 19.8 Å². The highest BCUT2D eigenvalue weighted by molar-refractivity contribution is 5.92. The third-order valence-electron chi connectivity index (χ3n) is 2.27. The normalized spacial score (nSPS) is 9.94. The van der Waals surface area contributed by atoms with Crippen LogP contribution in [0.25, 0.3) is 0 Å². The van der Waals surface area contributed by atoms with Gasteiger partial charge in [-0.25, -0.2) is 0 Å². The Labute approximate surface area is 95.8 Å². The second kappa shape index (κ2) is 6.12. The van der Waals surface area contributed by atoms with Crippen LogP contribution in [0.4, 0.5) is 5.69 Å². The standard InChI is InChI=1S/C12H18N2O2/c1-3-4-9-7-10(14-12(15)8-13)5-6-11(9)16-2/h5-7H,3-4,8,13H2,1-2H3,(H,14,15). The van der Waals surface area contributed by atoms with Crippen molar-refractivity contribution in [1.29, 1.82) is 0 Å². The van der Waals surface area contributed by atoms with Crippen molar-refractivity contribution >= 4 is 11.6 Å². The van der Waals surface area contributed by atoms with E-state index in [0.717, 1.165) is 29.8 Å². The lowest BCUT2D eigenvalue weighted by atomic mass is 10.1. The topological polar surface area (TPSA) is 64.4 Å². The third kappa shape index (κ3) is 3.24. The van der Waals surface area contributed by atoms with Crippen molar-refractivity contribution in [3.05, 3.63) is 23.8 Å². The Morgan fingerprint density at radius 1 is 1.50 bits per heavy atom. The van der Waals surface area contributed by atoms with Gasteiger partial charge in [0.15, 0.2) is 0 Å². The van der Waals surface area contributed by atoms with Gasteiger partial charge < -0.3 is 15.8 Å². The van der Waals surface area contributed by atoms with Crippen LogP contribution < -0.4 is 15.8 Å². The summed E-state index contributed by atoms with van der Waals surface area (Å²) in [5, 5.41) is 2.72. The largest absolute Gasteiger partial charge is 0.496 e. The molecule has 0 fully saturated rings. The van der Waals surface area contributed by atoms with E-state index in [1.807, 2.05) is 18.2 Å². The number of nitrogens with one attached hydrogen (secondary N) is 1. The molecule has 4 nitrogen and oxygen atoms in total. The van der Waals surface area contributed by atoms with Crippen LogP contribution in [0.3, 0.4) is 0 Å². The molecule has 4 heteroatoms. The molecule has 0 unspecified atom stereocenters. The maximum atomic E-state index is 11.1. The fraction of sp³-hybridized carbons (Fsp3) is 0.417. The van der Waals surface area contributed by atoms with Gasteiger partial charge in [-0.15, -0.1) is 0 Å². The third-order valence-corrected chi connectivity index (χ3v) is 2.27. The molecule has 0 saturated heterocycles. The van der Waals surface area contributed by atoms with E-state index in [1.165, 1.54) is 0 Å². The number of nitrogens with two attached hydrogens (primary N) is 1. The van der Waals surface area contributed by atoms with Crippen LogP contribution in [0, 0.1) is 0 Å². The lowest BCUT2D eigenvalue weighted by Gasteiger charge is -2.10. The fourth-order valence-corrected chi connectivity index (χ4v) is 1.53. The summed E-state index contributed by atoms with van der Waals surface area (Å²) in [6.07, 6.45) is 1.96. The van der Waals surface area contributed by atoms with Gasteiger partial charge in [0, 0.05) is 5.69 Å². The molecule has 1 aromatic carbocycles. The van der Waals surface area contributed by atoms with Crippen LogP contribution in [0.5, 0.6) is 5.75 Å². The first-order valence-corrected chi connectivity index (χ1v) is 5.38. The molecule has 0 aliphatic carbocycles. The molecule has 0 aliphatic rings. The van der Waals surface area contributed by atoms with Crippen LogP contribution in [-0.2, 0) is 11.2 Å². The number of methoxy groups -OCH3 is 1. The summed E-state index contributed by atoms with van der Waals surface area (Å²) in [6.45, 7) is 2.10.